The Labute approximate surface area is 114 Å². The molecule has 1 aromatic rings. The summed E-state index contributed by atoms with van der Waals surface area (Å²) < 4.78 is 0. The minimum absolute atomic E-state index is 0.395. The minimum Gasteiger partial charge on any atom is -0.0622 e. The largest absolute Gasteiger partial charge is 0.0622 e. The van der Waals surface area contributed by atoms with E-state index in [-0.39, 0.29) is 0 Å². The maximum absolute atomic E-state index is 2.34. The summed E-state index contributed by atoms with van der Waals surface area (Å²) in [6.45, 7) is 16.2. The number of benzene rings is 1. The summed E-state index contributed by atoms with van der Waals surface area (Å²) in [6.07, 6.45) is 1.26. The van der Waals surface area contributed by atoms with E-state index in [1.807, 2.05) is 0 Å². The van der Waals surface area contributed by atoms with Crippen LogP contribution in [0.1, 0.15) is 77.8 Å². The molecule has 0 amide bonds. The van der Waals surface area contributed by atoms with Crippen molar-refractivity contribution in [2.75, 3.05) is 0 Å². The van der Waals surface area contributed by atoms with Gasteiger partial charge >= 0.3 is 0 Å². The average molecular weight is 246 g/mol. The molecule has 18 heavy (non-hydrogen) atoms. The normalized spacial score (nSPS) is 14.3. The molecule has 0 fully saturated rings. The van der Waals surface area contributed by atoms with Crippen LogP contribution in [0.2, 0.25) is 0 Å². The van der Waals surface area contributed by atoms with Gasteiger partial charge in [-0.1, -0.05) is 72.7 Å². The summed E-state index contributed by atoms with van der Waals surface area (Å²) in [4.78, 5) is 0. The van der Waals surface area contributed by atoms with Gasteiger partial charge in [-0.15, -0.1) is 0 Å². The van der Waals surface area contributed by atoms with Crippen LogP contribution in [-0.4, -0.2) is 0 Å². The van der Waals surface area contributed by atoms with Gasteiger partial charge in [0.15, 0.2) is 0 Å². The van der Waals surface area contributed by atoms with Crippen LogP contribution in [0.15, 0.2) is 24.3 Å². The standard InChI is InChI=1S/C18H30/c1-13(2)15-8-10-16(11-9-15)17(14(3)4)12-18(5,6)7/h8-11,13-14,17H,12H2,1-7H3. The first-order valence-electron chi connectivity index (χ1n) is 7.30. The molecular formula is C18H30. The molecule has 0 saturated carbocycles. The van der Waals surface area contributed by atoms with Crippen LogP contribution in [0.5, 0.6) is 0 Å². The first-order chi connectivity index (χ1) is 8.20. The molecule has 0 spiro atoms. The fraction of sp³-hybridized carbons (Fsp3) is 0.667. The Hall–Kier alpha value is -0.780. The molecule has 0 saturated heterocycles. The van der Waals surface area contributed by atoms with Gasteiger partial charge in [0, 0.05) is 0 Å². The molecule has 102 valence electrons. The van der Waals surface area contributed by atoms with Crippen LogP contribution in [0.4, 0.5) is 0 Å². The average Bonchev–Trinajstić information content (AvgIpc) is 2.24. The third-order valence-corrected chi connectivity index (χ3v) is 3.67. The first kappa shape index (κ1) is 15.3. The van der Waals surface area contributed by atoms with E-state index in [9.17, 15) is 0 Å². The fourth-order valence-electron chi connectivity index (χ4n) is 2.53. The van der Waals surface area contributed by atoms with Gasteiger partial charge in [0.25, 0.3) is 0 Å². The molecule has 0 aliphatic rings. The van der Waals surface area contributed by atoms with Crippen molar-refractivity contribution < 1.29 is 0 Å². The van der Waals surface area contributed by atoms with Crippen molar-refractivity contribution in [2.45, 2.75) is 66.7 Å². The molecule has 0 heteroatoms. The van der Waals surface area contributed by atoms with Gasteiger partial charge < -0.3 is 0 Å². The van der Waals surface area contributed by atoms with Crippen molar-refractivity contribution in [3.8, 4) is 0 Å². The van der Waals surface area contributed by atoms with E-state index in [1.165, 1.54) is 17.5 Å². The second-order valence-corrected chi connectivity index (χ2v) is 7.44. The molecule has 0 aliphatic heterocycles. The summed E-state index contributed by atoms with van der Waals surface area (Å²) in [6, 6.07) is 9.29. The minimum atomic E-state index is 0.395. The second-order valence-electron chi connectivity index (χ2n) is 7.44. The SMILES string of the molecule is CC(C)c1ccc(C(CC(C)(C)C)C(C)C)cc1. The zero-order valence-corrected chi connectivity index (χ0v) is 13.2. The maximum atomic E-state index is 2.34. The van der Waals surface area contributed by atoms with Crippen LogP contribution in [-0.2, 0) is 0 Å². The Kier molecular flexibility index (Phi) is 5.01. The molecule has 0 heterocycles. The lowest BCUT2D eigenvalue weighted by atomic mass is 9.76. The van der Waals surface area contributed by atoms with Crippen molar-refractivity contribution in [2.24, 2.45) is 11.3 Å². The van der Waals surface area contributed by atoms with E-state index < -0.39 is 0 Å². The quantitative estimate of drug-likeness (QED) is 0.612. The van der Waals surface area contributed by atoms with Gasteiger partial charge in [-0.05, 0) is 40.7 Å². The Morgan fingerprint density at radius 3 is 1.61 bits per heavy atom. The number of rotatable bonds is 4. The molecule has 0 radical (unpaired) electrons. The van der Waals surface area contributed by atoms with E-state index in [0.717, 1.165) is 0 Å². The first-order valence-corrected chi connectivity index (χ1v) is 7.30. The predicted octanol–water partition coefficient (Wildman–Crippen LogP) is 5.99. The molecule has 0 N–H and O–H groups in total. The highest BCUT2D eigenvalue weighted by Crippen LogP contribution is 2.36. The monoisotopic (exact) mass is 246 g/mol. The Morgan fingerprint density at radius 1 is 0.833 bits per heavy atom. The lowest BCUT2D eigenvalue weighted by Crippen LogP contribution is -2.16. The van der Waals surface area contributed by atoms with Crippen molar-refractivity contribution >= 4 is 0 Å². The smallest absolute Gasteiger partial charge is 0.0134 e. The van der Waals surface area contributed by atoms with E-state index >= 15 is 0 Å². The van der Waals surface area contributed by atoms with E-state index in [4.69, 9.17) is 0 Å². The zero-order valence-electron chi connectivity index (χ0n) is 13.2. The van der Waals surface area contributed by atoms with E-state index in [0.29, 0.717) is 23.2 Å². The third kappa shape index (κ3) is 4.48. The Bertz CT molecular complexity index is 349. The van der Waals surface area contributed by atoms with Crippen LogP contribution in [0, 0.1) is 11.3 Å². The lowest BCUT2D eigenvalue weighted by Gasteiger charge is -2.29. The predicted molar refractivity (Wildman–Crippen MR) is 82.2 cm³/mol. The van der Waals surface area contributed by atoms with Gasteiger partial charge in [-0.2, -0.15) is 0 Å². The van der Waals surface area contributed by atoms with Gasteiger partial charge in [-0.25, -0.2) is 0 Å². The molecule has 0 aliphatic carbocycles. The number of hydrogen-bond acceptors (Lipinski definition) is 0. The molecule has 1 aromatic carbocycles. The van der Waals surface area contributed by atoms with E-state index in [2.05, 4.69) is 72.7 Å². The summed E-state index contributed by atoms with van der Waals surface area (Å²) in [5.74, 6) is 2.00. The Balaban J connectivity index is 2.93. The summed E-state index contributed by atoms with van der Waals surface area (Å²) in [5.41, 5.74) is 3.34. The third-order valence-electron chi connectivity index (χ3n) is 3.67. The molecule has 1 rings (SSSR count). The highest BCUT2D eigenvalue weighted by Gasteiger charge is 2.22. The topological polar surface area (TPSA) is 0 Å². The fourth-order valence-corrected chi connectivity index (χ4v) is 2.53. The van der Waals surface area contributed by atoms with Crippen molar-refractivity contribution in [1.82, 2.24) is 0 Å². The van der Waals surface area contributed by atoms with Crippen LogP contribution < -0.4 is 0 Å². The van der Waals surface area contributed by atoms with Crippen LogP contribution in [0.25, 0.3) is 0 Å². The van der Waals surface area contributed by atoms with Crippen LogP contribution in [0.3, 0.4) is 0 Å². The van der Waals surface area contributed by atoms with Crippen molar-refractivity contribution in [3.05, 3.63) is 35.4 Å². The summed E-state index contributed by atoms with van der Waals surface area (Å²) >= 11 is 0. The molecule has 0 aromatic heterocycles. The maximum Gasteiger partial charge on any atom is -0.0134 e. The van der Waals surface area contributed by atoms with Crippen molar-refractivity contribution in [1.29, 1.82) is 0 Å². The Morgan fingerprint density at radius 2 is 1.28 bits per heavy atom. The number of hydrogen-bond donors (Lipinski definition) is 0. The summed E-state index contributed by atoms with van der Waals surface area (Å²) in [7, 11) is 0. The summed E-state index contributed by atoms with van der Waals surface area (Å²) in [5, 5.41) is 0. The van der Waals surface area contributed by atoms with Gasteiger partial charge in [0.2, 0.25) is 0 Å². The zero-order chi connectivity index (χ0) is 13.9. The van der Waals surface area contributed by atoms with Crippen molar-refractivity contribution in [3.63, 3.8) is 0 Å². The second kappa shape index (κ2) is 5.91. The highest BCUT2D eigenvalue weighted by molar-refractivity contribution is 5.27. The van der Waals surface area contributed by atoms with Gasteiger partial charge in [-0.3, -0.25) is 0 Å². The van der Waals surface area contributed by atoms with Crippen LogP contribution >= 0.6 is 0 Å². The molecule has 1 unspecified atom stereocenters. The molecule has 0 bridgehead atoms. The van der Waals surface area contributed by atoms with E-state index in [1.54, 1.807) is 0 Å². The van der Waals surface area contributed by atoms with Gasteiger partial charge in [0.1, 0.15) is 0 Å². The highest BCUT2D eigenvalue weighted by atomic mass is 14.3. The lowest BCUT2D eigenvalue weighted by molar-refractivity contribution is 0.301. The molecule has 0 nitrogen and oxygen atoms in total. The van der Waals surface area contributed by atoms with Gasteiger partial charge in [0.05, 0.1) is 0 Å². The molecule has 1 atom stereocenters. The molecular weight excluding hydrogens is 216 g/mol.